The summed E-state index contributed by atoms with van der Waals surface area (Å²) in [7, 11) is -4.58. The second kappa shape index (κ2) is 6.81. The number of carbonyl (C=O) groups is 1. The van der Waals surface area contributed by atoms with Gasteiger partial charge in [-0.05, 0) is 19.8 Å². The number of hydrogen-bond donors (Lipinski definition) is 2. The molecule has 0 aliphatic carbocycles. The first-order chi connectivity index (χ1) is 7.31. The van der Waals surface area contributed by atoms with Crippen molar-refractivity contribution in [3.05, 3.63) is 11.1 Å². The Balaban J connectivity index is 4.27. The van der Waals surface area contributed by atoms with Crippen LogP contribution in [0.2, 0.25) is 0 Å². The molecule has 0 aromatic rings. The molecule has 16 heavy (non-hydrogen) atoms. The van der Waals surface area contributed by atoms with Crippen molar-refractivity contribution in [3.63, 3.8) is 0 Å². The minimum Gasteiger partial charge on any atom is -0.435 e. The Labute approximate surface area is 94.5 Å². The van der Waals surface area contributed by atoms with Crippen molar-refractivity contribution in [2.75, 3.05) is 6.79 Å². The zero-order chi connectivity index (χ0) is 12.8. The number of carbonyl (C=O) groups excluding carboxylic acids is 1. The summed E-state index contributed by atoms with van der Waals surface area (Å²) in [6, 6.07) is 0. The van der Waals surface area contributed by atoms with Crippen molar-refractivity contribution in [2.24, 2.45) is 0 Å². The number of esters is 1. The summed E-state index contributed by atoms with van der Waals surface area (Å²) in [5.41, 5.74) is 1.40. The molecule has 0 aliphatic rings. The Morgan fingerprint density at radius 1 is 1.25 bits per heavy atom. The van der Waals surface area contributed by atoms with E-state index in [0.29, 0.717) is 5.57 Å². The normalized spacial score (nSPS) is 11.1. The summed E-state index contributed by atoms with van der Waals surface area (Å²) in [5.74, 6) is -0.618. The Morgan fingerprint density at radius 2 is 1.75 bits per heavy atom. The highest BCUT2D eigenvalue weighted by atomic mass is 31.2. The molecule has 2 N–H and O–H groups in total. The largest absolute Gasteiger partial charge is 0.472 e. The highest BCUT2D eigenvalue weighted by Crippen LogP contribution is 2.35. The third-order valence-corrected chi connectivity index (χ3v) is 2.54. The zero-order valence-corrected chi connectivity index (χ0v) is 10.5. The first kappa shape index (κ1) is 15.3. The average molecular weight is 252 g/mol. The summed E-state index contributed by atoms with van der Waals surface area (Å²) in [5, 5.41) is 0. The quantitative estimate of drug-likeness (QED) is 0.323. The van der Waals surface area contributed by atoms with Crippen molar-refractivity contribution >= 4 is 13.8 Å². The van der Waals surface area contributed by atoms with E-state index in [1.807, 2.05) is 13.8 Å². The van der Waals surface area contributed by atoms with Crippen molar-refractivity contribution < 1.29 is 28.4 Å². The molecule has 0 heterocycles. The molecule has 0 aromatic heterocycles. The highest BCUT2D eigenvalue weighted by Gasteiger charge is 2.16. The summed E-state index contributed by atoms with van der Waals surface area (Å²) in [6.07, 6.45) is 1.47. The van der Waals surface area contributed by atoms with Crippen LogP contribution >= 0.6 is 7.82 Å². The van der Waals surface area contributed by atoms with Gasteiger partial charge < -0.3 is 14.5 Å². The average Bonchev–Trinajstić information content (AvgIpc) is 2.17. The standard InChI is InChI=1S/C9H17O6P/c1-4-8(5-2)7(3)9(10)14-6-15-16(11,12)13/h4-6H2,1-3H3,(H2,11,12,13). The van der Waals surface area contributed by atoms with E-state index < -0.39 is 20.6 Å². The Hall–Kier alpha value is -0.680. The van der Waals surface area contributed by atoms with E-state index >= 15 is 0 Å². The molecule has 0 saturated carbocycles. The van der Waals surface area contributed by atoms with Crippen LogP contribution in [-0.4, -0.2) is 22.5 Å². The van der Waals surface area contributed by atoms with Gasteiger partial charge in [-0.25, -0.2) is 13.9 Å². The molecule has 0 unspecified atom stereocenters. The smallest absolute Gasteiger partial charge is 0.435 e. The lowest BCUT2D eigenvalue weighted by Crippen LogP contribution is -2.10. The van der Waals surface area contributed by atoms with Crippen molar-refractivity contribution in [3.8, 4) is 0 Å². The first-order valence-electron chi connectivity index (χ1n) is 4.87. The summed E-state index contributed by atoms with van der Waals surface area (Å²) in [6.45, 7) is 4.70. The Kier molecular flexibility index (Phi) is 6.52. The maximum atomic E-state index is 11.4. The molecule has 0 spiro atoms. The summed E-state index contributed by atoms with van der Waals surface area (Å²) in [4.78, 5) is 28.1. The van der Waals surface area contributed by atoms with Crippen molar-refractivity contribution in [2.45, 2.75) is 33.6 Å². The van der Waals surface area contributed by atoms with Crippen LogP contribution in [0.1, 0.15) is 33.6 Å². The first-order valence-corrected chi connectivity index (χ1v) is 6.40. The fraction of sp³-hybridized carbons (Fsp3) is 0.667. The number of phosphoric ester groups is 1. The molecule has 0 aliphatic heterocycles. The van der Waals surface area contributed by atoms with Gasteiger partial charge in [0.2, 0.25) is 6.79 Å². The molecule has 7 heteroatoms. The molecular formula is C9H17O6P. The minimum absolute atomic E-state index is 0.458. The molecule has 0 radical (unpaired) electrons. The lowest BCUT2D eigenvalue weighted by Gasteiger charge is -2.09. The van der Waals surface area contributed by atoms with Crippen LogP contribution in [0, 0.1) is 0 Å². The summed E-state index contributed by atoms with van der Waals surface area (Å²) < 4.78 is 18.8. The van der Waals surface area contributed by atoms with E-state index in [-0.39, 0.29) is 0 Å². The van der Waals surface area contributed by atoms with Crippen molar-refractivity contribution in [1.29, 1.82) is 0 Å². The van der Waals surface area contributed by atoms with Crippen molar-refractivity contribution in [1.82, 2.24) is 0 Å². The number of phosphoric acid groups is 1. The lowest BCUT2D eigenvalue weighted by atomic mass is 10.1. The van der Waals surface area contributed by atoms with Crippen LogP contribution in [0.15, 0.2) is 11.1 Å². The van der Waals surface area contributed by atoms with Crippen LogP contribution in [0.4, 0.5) is 0 Å². The Morgan fingerprint density at radius 3 is 2.12 bits per heavy atom. The summed E-state index contributed by atoms with van der Waals surface area (Å²) >= 11 is 0. The second-order valence-corrected chi connectivity index (χ2v) is 4.34. The fourth-order valence-electron chi connectivity index (χ4n) is 1.18. The molecule has 0 aromatic carbocycles. The molecule has 6 nitrogen and oxygen atoms in total. The van der Waals surface area contributed by atoms with Gasteiger partial charge in [0.25, 0.3) is 0 Å². The van der Waals surface area contributed by atoms with Gasteiger partial charge in [0, 0.05) is 5.57 Å². The van der Waals surface area contributed by atoms with Gasteiger partial charge in [-0.15, -0.1) is 0 Å². The maximum absolute atomic E-state index is 11.4. The van der Waals surface area contributed by atoms with E-state index in [1.54, 1.807) is 6.92 Å². The molecule has 0 amide bonds. The van der Waals surface area contributed by atoms with Gasteiger partial charge in [-0.3, -0.25) is 0 Å². The van der Waals surface area contributed by atoms with Gasteiger partial charge in [0.1, 0.15) is 0 Å². The molecule has 0 bridgehead atoms. The zero-order valence-electron chi connectivity index (χ0n) is 9.60. The number of ether oxygens (including phenoxy) is 1. The van der Waals surface area contributed by atoms with E-state index in [1.165, 1.54) is 0 Å². The van der Waals surface area contributed by atoms with Gasteiger partial charge >= 0.3 is 13.8 Å². The van der Waals surface area contributed by atoms with E-state index in [0.717, 1.165) is 18.4 Å². The molecule has 0 rings (SSSR count). The molecule has 94 valence electrons. The Bertz CT molecular complexity index is 310. The molecule has 0 fully saturated rings. The van der Waals surface area contributed by atoms with E-state index in [9.17, 15) is 9.36 Å². The van der Waals surface area contributed by atoms with Gasteiger partial charge in [-0.1, -0.05) is 19.4 Å². The fourth-order valence-corrected chi connectivity index (χ4v) is 1.37. The topological polar surface area (TPSA) is 93.1 Å². The highest BCUT2D eigenvalue weighted by molar-refractivity contribution is 7.46. The third kappa shape index (κ3) is 6.02. The van der Waals surface area contributed by atoms with Gasteiger partial charge in [0.05, 0.1) is 0 Å². The van der Waals surface area contributed by atoms with Crippen LogP contribution < -0.4 is 0 Å². The predicted octanol–water partition coefficient (Wildman–Crippen LogP) is 1.73. The number of rotatable bonds is 6. The van der Waals surface area contributed by atoms with Crippen LogP contribution in [-0.2, 0) is 18.6 Å². The predicted molar refractivity (Wildman–Crippen MR) is 57.4 cm³/mol. The van der Waals surface area contributed by atoms with Crippen LogP contribution in [0.5, 0.6) is 0 Å². The number of hydrogen-bond acceptors (Lipinski definition) is 4. The third-order valence-electron chi connectivity index (χ3n) is 2.10. The van der Waals surface area contributed by atoms with E-state index in [4.69, 9.17) is 9.79 Å². The molecule has 0 saturated heterocycles. The second-order valence-electron chi connectivity index (χ2n) is 3.10. The van der Waals surface area contributed by atoms with Gasteiger partial charge in [0.15, 0.2) is 0 Å². The van der Waals surface area contributed by atoms with Crippen LogP contribution in [0.3, 0.4) is 0 Å². The monoisotopic (exact) mass is 252 g/mol. The SMILES string of the molecule is CCC(CC)=C(C)C(=O)OCOP(=O)(O)O. The number of allylic oxidation sites excluding steroid dienone is 1. The van der Waals surface area contributed by atoms with Crippen LogP contribution in [0.25, 0.3) is 0 Å². The molecule has 0 atom stereocenters. The minimum atomic E-state index is -4.58. The van der Waals surface area contributed by atoms with Gasteiger partial charge in [-0.2, -0.15) is 0 Å². The lowest BCUT2D eigenvalue weighted by molar-refractivity contribution is -0.146. The molecular weight excluding hydrogens is 235 g/mol. The van der Waals surface area contributed by atoms with E-state index in [2.05, 4.69) is 9.26 Å². The maximum Gasteiger partial charge on any atom is 0.472 e.